The van der Waals surface area contributed by atoms with Crippen LogP contribution in [0.25, 0.3) is 0 Å². The number of rotatable bonds is 6. The molecule has 0 saturated carbocycles. The Morgan fingerprint density at radius 3 is 1.50 bits per heavy atom. The van der Waals surface area contributed by atoms with Crippen molar-refractivity contribution in [2.45, 2.75) is 91.0 Å². The Morgan fingerprint density at radius 1 is 0.864 bits per heavy atom. The molecular weight excluding hydrogens is 270 g/mol. The Kier molecular flexibility index (Phi) is 5.39. The van der Waals surface area contributed by atoms with Crippen molar-refractivity contribution in [2.75, 3.05) is 0 Å². The van der Waals surface area contributed by atoms with Crippen LogP contribution in [0.5, 0.6) is 5.75 Å². The number of nitrogens with two attached hydrogens (primary N) is 1. The SMILES string of the molecule is CCC(C)(C)c1cc(CC(C)(C)N)cc(C(C)(C)CC)c1O. The van der Waals surface area contributed by atoms with Crippen molar-refractivity contribution in [1.29, 1.82) is 0 Å². The van der Waals surface area contributed by atoms with Gasteiger partial charge in [0.2, 0.25) is 0 Å². The van der Waals surface area contributed by atoms with Crippen molar-refractivity contribution in [3.05, 3.63) is 28.8 Å². The van der Waals surface area contributed by atoms with Gasteiger partial charge in [0, 0.05) is 16.7 Å². The van der Waals surface area contributed by atoms with E-state index in [9.17, 15) is 5.11 Å². The van der Waals surface area contributed by atoms with Crippen molar-refractivity contribution in [2.24, 2.45) is 5.73 Å². The molecule has 0 aromatic heterocycles. The highest BCUT2D eigenvalue weighted by Gasteiger charge is 2.30. The lowest BCUT2D eigenvalue weighted by molar-refractivity contribution is 0.398. The third kappa shape index (κ3) is 4.25. The maximum Gasteiger partial charge on any atom is 0.123 e. The second-order valence-electron chi connectivity index (χ2n) is 8.68. The van der Waals surface area contributed by atoms with E-state index in [1.807, 2.05) is 0 Å². The van der Waals surface area contributed by atoms with E-state index in [1.165, 1.54) is 5.56 Å². The Morgan fingerprint density at radius 2 is 1.23 bits per heavy atom. The molecule has 0 amide bonds. The van der Waals surface area contributed by atoms with Gasteiger partial charge in [-0.15, -0.1) is 0 Å². The molecule has 1 aromatic rings. The van der Waals surface area contributed by atoms with E-state index in [-0.39, 0.29) is 16.4 Å². The van der Waals surface area contributed by atoms with Gasteiger partial charge in [-0.25, -0.2) is 0 Å². The lowest BCUT2D eigenvalue weighted by Crippen LogP contribution is -2.34. The minimum absolute atomic E-state index is 0.0442. The van der Waals surface area contributed by atoms with E-state index in [1.54, 1.807) is 0 Å². The van der Waals surface area contributed by atoms with Gasteiger partial charge >= 0.3 is 0 Å². The molecule has 126 valence electrons. The summed E-state index contributed by atoms with van der Waals surface area (Å²) in [6, 6.07) is 4.31. The van der Waals surface area contributed by atoms with Gasteiger partial charge in [-0.1, -0.05) is 53.7 Å². The molecule has 0 atom stereocenters. The van der Waals surface area contributed by atoms with E-state index in [0.717, 1.165) is 30.4 Å². The molecule has 0 radical (unpaired) electrons. The summed E-state index contributed by atoms with van der Waals surface area (Å²) >= 11 is 0. The minimum atomic E-state index is -0.252. The van der Waals surface area contributed by atoms with Gasteiger partial charge < -0.3 is 10.8 Å². The van der Waals surface area contributed by atoms with Gasteiger partial charge in [-0.3, -0.25) is 0 Å². The zero-order valence-corrected chi connectivity index (χ0v) is 15.8. The van der Waals surface area contributed by atoms with Gasteiger partial charge in [-0.05, 0) is 49.5 Å². The standard InChI is InChI=1S/C20H35NO/c1-9-18(3,4)15-11-14(13-20(7,8)21)12-16(17(15)22)19(5,6)10-2/h11-12,22H,9-10,13,21H2,1-8H3. The molecule has 2 nitrogen and oxygen atoms in total. The summed E-state index contributed by atoms with van der Waals surface area (Å²) in [5, 5.41) is 10.9. The third-order valence-electron chi connectivity index (χ3n) is 5.06. The molecule has 2 heteroatoms. The van der Waals surface area contributed by atoms with Crippen LogP contribution in [-0.2, 0) is 17.3 Å². The number of phenols is 1. The van der Waals surface area contributed by atoms with Gasteiger partial charge in [0.05, 0.1) is 0 Å². The highest BCUT2D eigenvalue weighted by Crippen LogP contribution is 2.42. The second kappa shape index (κ2) is 6.23. The van der Waals surface area contributed by atoms with E-state index in [4.69, 9.17) is 5.73 Å². The van der Waals surface area contributed by atoms with Crippen LogP contribution in [0.15, 0.2) is 12.1 Å². The topological polar surface area (TPSA) is 46.2 Å². The van der Waals surface area contributed by atoms with Crippen LogP contribution in [0.1, 0.15) is 84.9 Å². The first-order valence-electron chi connectivity index (χ1n) is 8.50. The molecule has 0 aliphatic heterocycles. The van der Waals surface area contributed by atoms with E-state index >= 15 is 0 Å². The first-order valence-corrected chi connectivity index (χ1v) is 8.50. The molecule has 0 saturated heterocycles. The van der Waals surface area contributed by atoms with Crippen LogP contribution in [0.3, 0.4) is 0 Å². The highest BCUT2D eigenvalue weighted by molar-refractivity contribution is 5.50. The third-order valence-corrected chi connectivity index (χ3v) is 5.06. The monoisotopic (exact) mass is 305 g/mol. The van der Waals surface area contributed by atoms with E-state index in [2.05, 4.69) is 67.5 Å². The van der Waals surface area contributed by atoms with E-state index in [0.29, 0.717) is 5.75 Å². The summed E-state index contributed by atoms with van der Waals surface area (Å²) in [5.74, 6) is 0.470. The summed E-state index contributed by atoms with van der Waals surface area (Å²) in [6.45, 7) is 17.2. The average molecular weight is 306 g/mol. The summed E-state index contributed by atoms with van der Waals surface area (Å²) in [5.41, 5.74) is 9.21. The molecule has 0 unspecified atom stereocenters. The zero-order valence-electron chi connectivity index (χ0n) is 15.8. The Bertz CT molecular complexity index is 484. The average Bonchev–Trinajstić information content (AvgIpc) is 2.38. The largest absolute Gasteiger partial charge is 0.507 e. The number of hydrogen-bond donors (Lipinski definition) is 2. The van der Waals surface area contributed by atoms with Crippen molar-refractivity contribution in [3.8, 4) is 5.75 Å². The molecule has 1 rings (SSSR count). The predicted octanol–water partition coefficient (Wildman–Crippen LogP) is 5.05. The molecule has 0 bridgehead atoms. The number of phenolic OH excluding ortho intramolecular Hbond substituents is 1. The van der Waals surface area contributed by atoms with E-state index < -0.39 is 0 Å². The summed E-state index contributed by atoms with van der Waals surface area (Å²) in [7, 11) is 0. The summed E-state index contributed by atoms with van der Waals surface area (Å²) in [4.78, 5) is 0. The summed E-state index contributed by atoms with van der Waals surface area (Å²) in [6.07, 6.45) is 2.79. The van der Waals surface area contributed by atoms with Crippen LogP contribution in [0.4, 0.5) is 0 Å². The molecule has 0 heterocycles. The quantitative estimate of drug-likeness (QED) is 0.772. The Balaban J connectivity index is 3.58. The van der Waals surface area contributed by atoms with Crippen molar-refractivity contribution >= 4 is 0 Å². The molecular formula is C20H35NO. The van der Waals surface area contributed by atoms with Gasteiger partial charge in [0.25, 0.3) is 0 Å². The maximum atomic E-state index is 10.9. The van der Waals surface area contributed by atoms with Gasteiger partial charge in [0.1, 0.15) is 5.75 Å². The lowest BCUT2D eigenvalue weighted by Gasteiger charge is -2.32. The lowest BCUT2D eigenvalue weighted by atomic mass is 9.74. The van der Waals surface area contributed by atoms with Crippen LogP contribution >= 0.6 is 0 Å². The van der Waals surface area contributed by atoms with Gasteiger partial charge in [0.15, 0.2) is 0 Å². The minimum Gasteiger partial charge on any atom is -0.507 e. The fourth-order valence-corrected chi connectivity index (χ4v) is 2.74. The fourth-order valence-electron chi connectivity index (χ4n) is 2.74. The smallest absolute Gasteiger partial charge is 0.123 e. The van der Waals surface area contributed by atoms with Crippen molar-refractivity contribution in [3.63, 3.8) is 0 Å². The Labute approximate surface area is 137 Å². The molecule has 0 aliphatic carbocycles. The molecule has 22 heavy (non-hydrogen) atoms. The molecule has 1 aromatic carbocycles. The second-order valence-corrected chi connectivity index (χ2v) is 8.68. The van der Waals surface area contributed by atoms with Crippen molar-refractivity contribution in [1.82, 2.24) is 0 Å². The fraction of sp³-hybridized carbons (Fsp3) is 0.700. The van der Waals surface area contributed by atoms with Crippen LogP contribution in [-0.4, -0.2) is 10.6 Å². The van der Waals surface area contributed by atoms with Crippen LogP contribution < -0.4 is 5.73 Å². The predicted molar refractivity (Wildman–Crippen MR) is 96.7 cm³/mol. The zero-order chi connectivity index (χ0) is 17.3. The number of aromatic hydroxyl groups is 1. The van der Waals surface area contributed by atoms with Crippen molar-refractivity contribution < 1.29 is 5.11 Å². The first kappa shape index (κ1) is 19.0. The molecule has 0 aliphatic rings. The van der Waals surface area contributed by atoms with Crippen LogP contribution in [0, 0.1) is 0 Å². The number of benzene rings is 1. The number of hydrogen-bond acceptors (Lipinski definition) is 2. The molecule has 0 fully saturated rings. The van der Waals surface area contributed by atoms with Gasteiger partial charge in [-0.2, -0.15) is 0 Å². The summed E-state index contributed by atoms with van der Waals surface area (Å²) < 4.78 is 0. The maximum absolute atomic E-state index is 10.9. The normalized spacial score (nSPS) is 13.5. The molecule has 3 N–H and O–H groups in total. The highest BCUT2D eigenvalue weighted by atomic mass is 16.3. The van der Waals surface area contributed by atoms with Crippen LogP contribution in [0.2, 0.25) is 0 Å². The molecule has 0 spiro atoms. The Hall–Kier alpha value is -1.02. The first-order chi connectivity index (χ1) is 9.84.